The molecule has 1 aliphatic heterocycles. The van der Waals surface area contributed by atoms with Crippen LogP contribution < -0.4 is 5.73 Å². The van der Waals surface area contributed by atoms with Crippen LogP contribution >= 0.6 is 0 Å². The molecule has 1 aliphatic rings. The minimum absolute atomic E-state index is 0.0722. The molecule has 0 saturated carbocycles. The zero-order valence-corrected chi connectivity index (χ0v) is 10.2. The van der Waals surface area contributed by atoms with E-state index in [0.29, 0.717) is 6.54 Å². The molecule has 1 saturated heterocycles. The first-order valence-corrected chi connectivity index (χ1v) is 6.27. The second kappa shape index (κ2) is 4.42. The Morgan fingerprint density at radius 2 is 1.94 bits per heavy atom. The summed E-state index contributed by atoms with van der Waals surface area (Å²) >= 11 is 0. The normalized spacial score (nSPS) is 19.7. The molecule has 18 heavy (non-hydrogen) atoms. The van der Waals surface area contributed by atoms with Gasteiger partial charge in [0.25, 0.3) is 0 Å². The van der Waals surface area contributed by atoms with E-state index in [9.17, 15) is 4.79 Å². The molecule has 0 spiro atoms. The maximum Gasteiger partial charge on any atom is 0.239 e. The van der Waals surface area contributed by atoms with Gasteiger partial charge in [-0.25, -0.2) is 0 Å². The number of hydrogen-bond donors (Lipinski definition) is 1. The first-order chi connectivity index (χ1) is 8.75. The van der Waals surface area contributed by atoms with Crippen molar-refractivity contribution in [3.05, 3.63) is 48.0 Å². The van der Waals surface area contributed by atoms with Crippen LogP contribution in [0.5, 0.6) is 0 Å². The van der Waals surface area contributed by atoms with Gasteiger partial charge in [0.15, 0.2) is 0 Å². The van der Waals surface area contributed by atoms with Crippen LogP contribution in [-0.2, 0) is 11.3 Å². The minimum atomic E-state index is -0.306. The van der Waals surface area contributed by atoms with Crippen LogP contribution in [0.3, 0.4) is 0 Å². The lowest BCUT2D eigenvalue weighted by atomic mass is 10.0. The van der Waals surface area contributed by atoms with E-state index in [0.717, 1.165) is 13.0 Å². The molecule has 3 rings (SSSR count). The van der Waals surface area contributed by atoms with Gasteiger partial charge in [-0.2, -0.15) is 0 Å². The number of fused-ring (bicyclic) bond motifs is 1. The van der Waals surface area contributed by atoms with Crippen LogP contribution in [-0.4, -0.2) is 23.4 Å². The molecule has 2 N–H and O–H groups in total. The number of nitrogens with two attached hydrogens (primary N) is 1. The van der Waals surface area contributed by atoms with Crippen LogP contribution in [0, 0.1) is 0 Å². The van der Waals surface area contributed by atoms with Crippen molar-refractivity contribution in [1.29, 1.82) is 0 Å². The highest BCUT2D eigenvalue weighted by molar-refractivity contribution is 5.87. The fourth-order valence-corrected chi connectivity index (χ4v) is 2.56. The lowest BCUT2D eigenvalue weighted by molar-refractivity contribution is -0.129. The van der Waals surface area contributed by atoms with Crippen LogP contribution in [0.4, 0.5) is 0 Å². The van der Waals surface area contributed by atoms with E-state index in [2.05, 4.69) is 24.3 Å². The highest BCUT2D eigenvalue weighted by Gasteiger charge is 2.28. The summed E-state index contributed by atoms with van der Waals surface area (Å²) in [5.74, 6) is 0.0722. The van der Waals surface area contributed by atoms with Crippen molar-refractivity contribution in [1.82, 2.24) is 4.90 Å². The van der Waals surface area contributed by atoms with Gasteiger partial charge in [0, 0.05) is 13.1 Å². The second-order valence-corrected chi connectivity index (χ2v) is 4.79. The van der Waals surface area contributed by atoms with E-state index in [1.807, 2.05) is 23.1 Å². The molecule has 2 aromatic carbocycles. The van der Waals surface area contributed by atoms with Crippen molar-refractivity contribution >= 4 is 16.7 Å². The lowest BCUT2D eigenvalue weighted by Gasteiger charge is -2.17. The lowest BCUT2D eigenvalue weighted by Crippen LogP contribution is -2.33. The second-order valence-electron chi connectivity index (χ2n) is 4.79. The molecule has 92 valence electrons. The fraction of sp³-hybridized carbons (Fsp3) is 0.267. The average Bonchev–Trinajstić information content (AvgIpc) is 2.71. The monoisotopic (exact) mass is 240 g/mol. The standard InChI is InChI=1S/C15H16N2O/c16-14-8-9-17(15(14)18)10-12-6-3-5-11-4-1-2-7-13(11)12/h1-7,14H,8-10,16H2. The maximum absolute atomic E-state index is 11.8. The Balaban J connectivity index is 1.93. The smallest absolute Gasteiger partial charge is 0.239 e. The number of amides is 1. The van der Waals surface area contributed by atoms with Crippen molar-refractivity contribution in [2.24, 2.45) is 5.73 Å². The van der Waals surface area contributed by atoms with Crippen LogP contribution in [0.25, 0.3) is 10.8 Å². The third-order valence-electron chi connectivity index (χ3n) is 3.58. The van der Waals surface area contributed by atoms with E-state index in [4.69, 9.17) is 5.73 Å². The fourth-order valence-electron chi connectivity index (χ4n) is 2.56. The molecular formula is C15H16N2O. The summed E-state index contributed by atoms with van der Waals surface area (Å²) in [5, 5.41) is 2.43. The number of carbonyl (C=O) groups is 1. The summed E-state index contributed by atoms with van der Waals surface area (Å²) in [6, 6.07) is 14.2. The molecule has 1 heterocycles. The third kappa shape index (κ3) is 1.87. The van der Waals surface area contributed by atoms with Gasteiger partial charge in [0.1, 0.15) is 0 Å². The number of likely N-dealkylation sites (tertiary alicyclic amines) is 1. The van der Waals surface area contributed by atoms with E-state index in [-0.39, 0.29) is 11.9 Å². The quantitative estimate of drug-likeness (QED) is 0.871. The van der Waals surface area contributed by atoms with Crippen molar-refractivity contribution in [2.45, 2.75) is 19.0 Å². The number of hydrogen-bond acceptors (Lipinski definition) is 2. The predicted molar refractivity (Wildman–Crippen MR) is 72.0 cm³/mol. The predicted octanol–water partition coefficient (Wildman–Crippen LogP) is 1.90. The van der Waals surface area contributed by atoms with Gasteiger partial charge in [0.2, 0.25) is 5.91 Å². The van der Waals surface area contributed by atoms with Gasteiger partial charge >= 0.3 is 0 Å². The Kier molecular flexibility index (Phi) is 2.76. The SMILES string of the molecule is NC1CCN(Cc2cccc3ccccc23)C1=O. The maximum atomic E-state index is 11.8. The van der Waals surface area contributed by atoms with Gasteiger partial charge in [-0.05, 0) is 22.8 Å². The van der Waals surface area contributed by atoms with Crippen LogP contribution in [0.1, 0.15) is 12.0 Å². The topological polar surface area (TPSA) is 46.3 Å². The Labute approximate surface area is 106 Å². The Hall–Kier alpha value is -1.87. The third-order valence-corrected chi connectivity index (χ3v) is 3.58. The summed E-state index contributed by atoms with van der Waals surface area (Å²) in [5.41, 5.74) is 6.93. The molecule has 1 amide bonds. The minimum Gasteiger partial charge on any atom is -0.337 e. The van der Waals surface area contributed by atoms with Crippen molar-refractivity contribution < 1.29 is 4.79 Å². The van der Waals surface area contributed by atoms with Crippen molar-refractivity contribution in [3.8, 4) is 0 Å². The molecule has 0 aromatic heterocycles. The van der Waals surface area contributed by atoms with Gasteiger partial charge in [-0.15, -0.1) is 0 Å². The van der Waals surface area contributed by atoms with E-state index < -0.39 is 0 Å². The first-order valence-electron chi connectivity index (χ1n) is 6.27. The van der Waals surface area contributed by atoms with Crippen LogP contribution in [0.15, 0.2) is 42.5 Å². The number of nitrogens with zero attached hydrogens (tertiary/aromatic N) is 1. The Morgan fingerprint density at radius 1 is 1.17 bits per heavy atom. The first kappa shape index (κ1) is 11.2. The number of benzene rings is 2. The molecule has 3 nitrogen and oxygen atoms in total. The average molecular weight is 240 g/mol. The molecule has 3 heteroatoms. The summed E-state index contributed by atoms with van der Waals surface area (Å²) in [4.78, 5) is 13.7. The highest BCUT2D eigenvalue weighted by Crippen LogP contribution is 2.21. The molecule has 1 atom stereocenters. The van der Waals surface area contributed by atoms with Gasteiger partial charge < -0.3 is 10.6 Å². The number of carbonyl (C=O) groups excluding carboxylic acids is 1. The van der Waals surface area contributed by atoms with Crippen molar-refractivity contribution in [3.63, 3.8) is 0 Å². The van der Waals surface area contributed by atoms with E-state index in [1.54, 1.807) is 0 Å². The molecule has 0 bridgehead atoms. The largest absolute Gasteiger partial charge is 0.337 e. The van der Waals surface area contributed by atoms with Gasteiger partial charge in [-0.3, -0.25) is 4.79 Å². The van der Waals surface area contributed by atoms with Crippen molar-refractivity contribution in [2.75, 3.05) is 6.54 Å². The zero-order valence-electron chi connectivity index (χ0n) is 10.2. The molecule has 1 unspecified atom stereocenters. The Morgan fingerprint density at radius 3 is 2.72 bits per heavy atom. The molecule has 0 radical (unpaired) electrons. The zero-order chi connectivity index (χ0) is 12.5. The summed E-state index contributed by atoms with van der Waals surface area (Å²) in [6.07, 6.45) is 0.767. The summed E-state index contributed by atoms with van der Waals surface area (Å²) < 4.78 is 0. The summed E-state index contributed by atoms with van der Waals surface area (Å²) in [6.45, 7) is 1.43. The molecule has 1 fully saturated rings. The van der Waals surface area contributed by atoms with Gasteiger partial charge in [-0.1, -0.05) is 42.5 Å². The van der Waals surface area contributed by atoms with E-state index >= 15 is 0 Å². The van der Waals surface area contributed by atoms with Crippen LogP contribution in [0.2, 0.25) is 0 Å². The summed E-state index contributed by atoms with van der Waals surface area (Å²) in [7, 11) is 0. The molecular weight excluding hydrogens is 224 g/mol. The highest BCUT2D eigenvalue weighted by atomic mass is 16.2. The van der Waals surface area contributed by atoms with Gasteiger partial charge in [0.05, 0.1) is 6.04 Å². The molecule has 0 aliphatic carbocycles. The van der Waals surface area contributed by atoms with E-state index in [1.165, 1.54) is 16.3 Å². The molecule has 2 aromatic rings. The Bertz CT molecular complexity index is 589. The number of rotatable bonds is 2.